The lowest BCUT2D eigenvalue weighted by Crippen LogP contribution is -2.39. The molecule has 0 fully saturated rings. The highest BCUT2D eigenvalue weighted by atomic mass is 16.5. The lowest BCUT2D eigenvalue weighted by molar-refractivity contribution is 0.108. The summed E-state index contributed by atoms with van der Waals surface area (Å²) in [5, 5.41) is 6.60. The van der Waals surface area contributed by atoms with Crippen molar-refractivity contribution in [3.05, 3.63) is 41.8 Å². The molecule has 0 amide bonds. The number of oxazole rings is 1. The fourth-order valence-corrected chi connectivity index (χ4v) is 2.48. The average Bonchev–Trinajstić information content (AvgIpc) is 3.12. The van der Waals surface area contributed by atoms with Gasteiger partial charge >= 0.3 is 0 Å². The molecule has 0 radical (unpaired) electrons. The van der Waals surface area contributed by atoms with E-state index in [1.807, 2.05) is 12.1 Å². The molecule has 0 aliphatic carbocycles. The highest BCUT2D eigenvalue weighted by Crippen LogP contribution is 2.19. The van der Waals surface area contributed by atoms with E-state index in [0.29, 0.717) is 11.8 Å². The van der Waals surface area contributed by atoms with E-state index in [4.69, 9.17) is 9.15 Å². The number of hydrogen-bond acceptors (Lipinski definition) is 4. The van der Waals surface area contributed by atoms with Gasteiger partial charge < -0.3 is 19.8 Å². The second-order valence-electron chi connectivity index (χ2n) is 7.01. The predicted octanol–water partition coefficient (Wildman–Crippen LogP) is 3.42. The molecular formula is C21H32N4O2. The van der Waals surface area contributed by atoms with Crippen molar-refractivity contribution in [1.29, 1.82) is 0 Å². The van der Waals surface area contributed by atoms with Crippen LogP contribution < -0.4 is 10.6 Å². The third-order valence-corrected chi connectivity index (χ3v) is 3.96. The number of nitrogens with zero attached hydrogens (tertiary/aromatic N) is 2. The molecule has 148 valence electrons. The normalized spacial score (nSPS) is 11.8. The van der Waals surface area contributed by atoms with E-state index in [-0.39, 0.29) is 0 Å². The van der Waals surface area contributed by atoms with E-state index < -0.39 is 0 Å². The number of aryl methyl sites for hydroxylation is 1. The first-order valence-electron chi connectivity index (χ1n) is 9.62. The number of benzene rings is 1. The summed E-state index contributed by atoms with van der Waals surface area (Å²) in [7, 11) is 1.77. The quantitative estimate of drug-likeness (QED) is 0.380. The predicted molar refractivity (Wildman–Crippen MR) is 110 cm³/mol. The van der Waals surface area contributed by atoms with Crippen molar-refractivity contribution in [2.45, 2.75) is 33.6 Å². The van der Waals surface area contributed by atoms with Crippen molar-refractivity contribution in [1.82, 2.24) is 15.6 Å². The molecule has 6 heteroatoms. The molecule has 1 heterocycles. The Labute approximate surface area is 162 Å². The number of nitrogens with one attached hydrogen (secondary N) is 2. The molecule has 0 aliphatic rings. The molecule has 2 aromatic rings. The van der Waals surface area contributed by atoms with Gasteiger partial charge in [0.2, 0.25) is 5.89 Å². The van der Waals surface area contributed by atoms with Gasteiger partial charge in [0, 0.05) is 45.3 Å². The minimum Gasteiger partial charge on any atom is -0.444 e. The van der Waals surface area contributed by atoms with E-state index in [1.54, 1.807) is 13.3 Å². The maximum Gasteiger partial charge on any atom is 0.226 e. The first-order valence-corrected chi connectivity index (χ1v) is 9.62. The van der Waals surface area contributed by atoms with Crippen LogP contribution in [0.4, 0.5) is 0 Å². The highest BCUT2D eigenvalue weighted by Gasteiger charge is 2.07. The Morgan fingerprint density at radius 1 is 1.19 bits per heavy atom. The molecule has 0 aliphatic heterocycles. The number of hydrogen-bond donors (Lipinski definition) is 2. The Kier molecular flexibility index (Phi) is 8.84. The zero-order chi connectivity index (χ0) is 19.5. The zero-order valence-electron chi connectivity index (χ0n) is 16.9. The standard InChI is InChI=1S/C21H32N4O2/c1-16(2)14-26-13-5-11-23-21(22-4)24-12-10-19-15-27-20(25-19)18-8-6-17(3)7-9-18/h6-9,15-16H,5,10-14H2,1-4H3,(H2,22,23,24). The smallest absolute Gasteiger partial charge is 0.226 e. The van der Waals surface area contributed by atoms with Gasteiger partial charge in [-0.3, -0.25) is 4.99 Å². The maximum absolute atomic E-state index is 5.59. The average molecular weight is 373 g/mol. The summed E-state index contributed by atoms with van der Waals surface area (Å²) in [6.07, 6.45) is 3.45. The van der Waals surface area contributed by atoms with Gasteiger partial charge in [0.25, 0.3) is 0 Å². The third kappa shape index (κ3) is 7.83. The number of ether oxygens (including phenoxy) is 1. The van der Waals surface area contributed by atoms with Gasteiger partial charge in [-0.15, -0.1) is 0 Å². The second-order valence-corrected chi connectivity index (χ2v) is 7.01. The largest absolute Gasteiger partial charge is 0.444 e. The molecule has 0 spiro atoms. The highest BCUT2D eigenvalue weighted by molar-refractivity contribution is 5.79. The van der Waals surface area contributed by atoms with Crippen molar-refractivity contribution in [2.24, 2.45) is 10.9 Å². The van der Waals surface area contributed by atoms with Crippen LogP contribution in [-0.2, 0) is 11.2 Å². The van der Waals surface area contributed by atoms with Crippen molar-refractivity contribution in [3.8, 4) is 11.5 Å². The van der Waals surface area contributed by atoms with E-state index in [9.17, 15) is 0 Å². The van der Waals surface area contributed by atoms with Gasteiger partial charge in [0.15, 0.2) is 5.96 Å². The van der Waals surface area contributed by atoms with Gasteiger partial charge in [0.1, 0.15) is 6.26 Å². The van der Waals surface area contributed by atoms with Crippen LogP contribution in [0.2, 0.25) is 0 Å². The molecule has 2 rings (SSSR count). The van der Waals surface area contributed by atoms with E-state index in [0.717, 1.165) is 56.4 Å². The molecule has 0 atom stereocenters. The number of aromatic nitrogens is 1. The Bertz CT molecular complexity index is 692. The fourth-order valence-electron chi connectivity index (χ4n) is 2.48. The minimum absolute atomic E-state index is 0.579. The van der Waals surface area contributed by atoms with Crippen LogP contribution >= 0.6 is 0 Å². The van der Waals surface area contributed by atoms with Gasteiger partial charge in [-0.2, -0.15) is 0 Å². The van der Waals surface area contributed by atoms with Crippen LogP contribution in [0.1, 0.15) is 31.5 Å². The first kappa shape index (κ1) is 21.0. The Hall–Kier alpha value is -2.34. The summed E-state index contributed by atoms with van der Waals surface area (Å²) in [5.74, 6) is 2.03. The lowest BCUT2D eigenvalue weighted by atomic mass is 10.1. The van der Waals surface area contributed by atoms with Crippen LogP contribution in [0.25, 0.3) is 11.5 Å². The van der Waals surface area contributed by atoms with Crippen LogP contribution in [0.15, 0.2) is 39.9 Å². The van der Waals surface area contributed by atoms with Crippen LogP contribution in [0.5, 0.6) is 0 Å². The molecule has 0 bridgehead atoms. The van der Waals surface area contributed by atoms with E-state index >= 15 is 0 Å². The molecule has 0 saturated heterocycles. The summed E-state index contributed by atoms with van der Waals surface area (Å²) >= 11 is 0. The first-order chi connectivity index (χ1) is 13.1. The Morgan fingerprint density at radius 2 is 1.93 bits per heavy atom. The second kappa shape index (κ2) is 11.4. The van der Waals surface area contributed by atoms with Crippen molar-refractivity contribution >= 4 is 5.96 Å². The summed E-state index contributed by atoms with van der Waals surface area (Å²) in [6.45, 7) is 9.53. The molecule has 1 aromatic heterocycles. The minimum atomic E-state index is 0.579. The summed E-state index contributed by atoms with van der Waals surface area (Å²) in [5.41, 5.74) is 3.15. The van der Waals surface area contributed by atoms with E-state index in [1.165, 1.54) is 5.56 Å². The summed E-state index contributed by atoms with van der Waals surface area (Å²) in [6, 6.07) is 8.17. The van der Waals surface area contributed by atoms with Gasteiger partial charge in [-0.1, -0.05) is 31.5 Å². The summed E-state index contributed by atoms with van der Waals surface area (Å²) < 4.78 is 11.2. The molecule has 6 nitrogen and oxygen atoms in total. The third-order valence-electron chi connectivity index (χ3n) is 3.96. The monoisotopic (exact) mass is 372 g/mol. The lowest BCUT2D eigenvalue weighted by Gasteiger charge is -2.11. The summed E-state index contributed by atoms with van der Waals surface area (Å²) in [4.78, 5) is 8.80. The van der Waals surface area contributed by atoms with Crippen LogP contribution in [0, 0.1) is 12.8 Å². The molecule has 0 unspecified atom stereocenters. The topological polar surface area (TPSA) is 71.7 Å². The molecule has 27 heavy (non-hydrogen) atoms. The molecule has 1 aromatic carbocycles. The molecule has 2 N–H and O–H groups in total. The number of aliphatic imine (C=N–C) groups is 1. The van der Waals surface area contributed by atoms with Gasteiger partial charge in [-0.05, 0) is 31.4 Å². The van der Waals surface area contributed by atoms with E-state index in [2.05, 4.69) is 53.5 Å². The SMILES string of the molecule is CN=C(NCCCOCC(C)C)NCCc1coc(-c2ccc(C)cc2)n1. The Balaban J connectivity index is 1.66. The Morgan fingerprint density at radius 3 is 2.63 bits per heavy atom. The van der Waals surface area contributed by atoms with Crippen LogP contribution in [-0.4, -0.2) is 44.3 Å². The van der Waals surface area contributed by atoms with Gasteiger partial charge in [0.05, 0.1) is 5.69 Å². The van der Waals surface area contributed by atoms with Crippen LogP contribution in [0.3, 0.4) is 0 Å². The fraction of sp³-hybridized carbons (Fsp3) is 0.524. The maximum atomic E-state index is 5.59. The van der Waals surface area contributed by atoms with Crippen molar-refractivity contribution in [2.75, 3.05) is 33.4 Å². The number of guanidine groups is 1. The number of rotatable bonds is 10. The van der Waals surface area contributed by atoms with Gasteiger partial charge in [-0.25, -0.2) is 4.98 Å². The van der Waals surface area contributed by atoms with Crippen molar-refractivity contribution < 1.29 is 9.15 Å². The molecular weight excluding hydrogens is 340 g/mol. The molecule has 0 saturated carbocycles. The van der Waals surface area contributed by atoms with Crippen molar-refractivity contribution in [3.63, 3.8) is 0 Å². The zero-order valence-corrected chi connectivity index (χ0v) is 16.9.